The zero-order valence-electron chi connectivity index (χ0n) is 11.9. The third-order valence-electron chi connectivity index (χ3n) is 3.59. The van der Waals surface area contributed by atoms with Crippen molar-refractivity contribution < 1.29 is 5.11 Å². The molecule has 0 fully saturated rings. The van der Waals surface area contributed by atoms with E-state index in [9.17, 15) is 5.11 Å². The molecular weight excluding hydrogens is 264 g/mol. The van der Waals surface area contributed by atoms with Gasteiger partial charge in [-0.1, -0.05) is 24.3 Å². The summed E-state index contributed by atoms with van der Waals surface area (Å²) in [7, 11) is 0. The SMILES string of the molecule is Cc1ccccc1C(O)CNCc1cnc2cnccn12. The van der Waals surface area contributed by atoms with Gasteiger partial charge in [-0.25, -0.2) is 4.98 Å². The topological polar surface area (TPSA) is 62.5 Å². The third kappa shape index (κ3) is 2.94. The summed E-state index contributed by atoms with van der Waals surface area (Å²) < 4.78 is 1.99. The molecule has 3 rings (SSSR count). The van der Waals surface area contributed by atoms with Crippen LogP contribution in [0.15, 0.2) is 49.1 Å². The molecule has 1 atom stereocenters. The van der Waals surface area contributed by atoms with E-state index in [-0.39, 0.29) is 0 Å². The number of hydrogen-bond donors (Lipinski definition) is 2. The van der Waals surface area contributed by atoms with E-state index in [0.717, 1.165) is 22.5 Å². The standard InChI is InChI=1S/C16H18N4O/c1-12-4-2-3-5-14(12)15(21)10-18-8-13-9-19-16-11-17-6-7-20(13)16/h2-7,9,11,15,18,21H,8,10H2,1H3. The van der Waals surface area contributed by atoms with E-state index in [1.54, 1.807) is 12.4 Å². The van der Waals surface area contributed by atoms with Crippen molar-refractivity contribution >= 4 is 5.65 Å². The summed E-state index contributed by atoms with van der Waals surface area (Å²) in [5.41, 5.74) is 3.94. The van der Waals surface area contributed by atoms with Crippen molar-refractivity contribution in [3.8, 4) is 0 Å². The second-order valence-corrected chi connectivity index (χ2v) is 5.06. The molecule has 5 nitrogen and oxygen atoms in total. The number of nitrogens with zero attached hydrogens (tertiary/aromatic N) is 3. The van der Waals surface area contributed by atoms with E-state index >= 15 is 0 Å². The van der Waals surface area contributed by atoms with E-state index in [1.807, 2.05) is 48.0 Å². The first-order valence-corrected chi connectivity index (χ1v) is 6.96. The Morgan fingerprint density at radius 1 is 1.29 bits per heavy atom. The van der Waals surface area contributed by atoms with Crippen LogP contribution in [0.1, 0.15) is 22.9 Å². The smallest absolute Gasteiger partial charge is 0.155 e. The Bertz CT molecular complexity index is 738. The Morgan fingerprint density at radius 2 is 2.14 bits per heavy atom. The highest BCUT2D eigenvalue weighted by atomic mass is 16.3. The number of nitrogens with one attached hydrogen (secondary N) is 1. The fraction of sp³-hybridized carbons (Fsp3) is 0.250. The molecule has 0 saturated carbocycles. The Kier molecular flexibility index (Phi) is 3.94. The van der Waals surface area contributed by atoms with E-state index < -0.39 is 6.10 Å². The summed E-state index contributed by atoms with van der Waals surface area (Å²) in [6.07, 6.45) is 6.67. The van der Waals surface area contributed by atoms with Crippen molar-refractivity contribution in [3.05, 3.63) is 65.9 Å². The Labute approximate surface area is 123 Å². The van der Waals surface area contributed by atoms with Gasteiger partial charge in [-0.2, -0.15) is 0 Å². The predicted molar refractivity (Wildman–Crippen MR) is 80.8 cm³/mol. The molecule has 2 aromatic heterocycles. The lowest BCUT2D eigenvalue weighted by atomic mass is 10.0. The molecule has 0 aliphatic carbocycles. The van der Waals surface area contributed by atoms with Gasteiger partial charge in [0.2, 0.25) is 0 Å². The molecule has 21 heavy (non-hydrogen) atoms. The fourth-order valence-corrected chi connectivity index (χ4v) is 2.43. The van der Waals surface area contributed by atoms with Crippen LogP contribution in [0, 0.1) is 6.92 Å². The highest BCUT2D eigenvalue weighted by molar-refractivity contribution is 5.36. The first-order valence-electron chi connectivity index (χ1n) is 6.96. The van der Waals surface area contributed by atoms with Crippen molar-refractivity contribution in [1.29, 1.82) is 0 Å². The average Bonchev–Trinajstić information content (AvgIpc) is 2.91. The van der Waals surface area contributed by atoms with Gasteiger partial charge in [0.05, 0.1) is 24.2 Å². The molecule has 0 saturated heterocycles. The van der Waals surface area contributed by atoms with E-state index in [1.165, 1.54) is 0 Å². The minimum atomic E-state index is -0.507. The molecule has 1 aromatic carbocycles. The summed E-state index contributed by atoms with van der Waals surface area (Å²) in [5.74, 6) is 0. The maximum atomic E-state index is 10.2. The lowest BCUT2D eigenvalue weighted by Crippen LogP contribution is -2.22. The number of aliphatic hydroxyl groups is 1. The van der Waals surface area contributed by atoms with E-state index in [0.29, 0.717) is 13.1 Å². The number of imidazole rings is 1. The van der Waals surface area contributed by atoms with Crippen molar-refractivity contribution in [2.75, 3.05) is 6.54 Å². The first kappa shape index (κ1) is 13.7. The summed E-state index contributed by atoms with van der Waals surface area (Å²) in [6.45, 7) is 3.16. The average molecular weight is 282 g/mol. The number of aromatic nitrogens is 3. The highest BCUT2D eigenvalue weighted by Crippen LogP contribution is 2.16. The molecule has 0 radical (unpaired) electrons. The van der Waals surface area contributed by atoms with Gasteiger partial charge in [0.1, 0.15) is 0 Å². The molecule has 5 heteroatoms. The zero-order chi connectivity index (χ0) is 14.7. The molecule has 3 aromatic rings. The van der Waals surface area contributed by atoms with Crippen molar-refractivity contribution in [2.45, 2.75) is 19.6 Å². The minimum absolute atomic E-state index is 0.503. The summed E-state index contributed by atoms with van der Waals surface area (Å²) in [4.78, 5) is 8.33. The lowest BCUT2D eigenvalue weighted by molar-refractivity contribution is 0.173. The number of aliphatic hydroxyl groups excluding tert-OH is 1. The number of hydrogen-bond acceptors (Lipinski definition) is 4. The quantitative estimate of drug-likeness (QED) is 0.750. The van der Waals surface area contributed by atoms with E-state index in [4.69, 9.17) is 0 Å². The minimum Gasteiger partial charge on any atom is -0.387 e. The van der Waals surface area contributed by atoms with Crippen molar-refractivity contribution in [2.24, 2.45) is 0 Å². The van der Waals surface area contributed by atoms with Crippen molar-refractivity contribution in [3.63, 3.8) is 0 Å². The summed E-state index contributed by atoms with van der Waals surface area (Å²) >= 11 is 0. The monoisotopic (exact) mass is 282 g/mol. The Morgan fingerprint density at radius 3 is 3.00 bits per heavy atom. The lowest BCUT2D eigenvalue weighted by Gasteiger charge is -2.14. The van der Waals surface area contributed by atoms with Gasteiger partial charge in [0, 0.05) is 25.5 Å². The molecule has 108 valence electrons. The molecule has 0 spiro atoms. The molecule has 0 aliphatic rings. The van der Waals surface area contributed by atoms with Crippen LogP contribution in [0.2, 0.25) is 0 Å². The van der Waals surface area contributed by atoms with Crippen LogP contribution in [0.25, 0.3) is 5.65 Å². The maximum Gasteiger partial charge on any atom is 0.155 e. The second-order valence-electron chi connectivity index (χ2n) is 5.06. The van der Waals surface area contributed by atoms with Crippen molar-refractivity contribution in [1.82, 2.24) is 19.7 Å². The molecule has 1 unspecified atom stereocenters. The van der Waals surface area contributed by atoms with Gasteiger partial charge in [0.25, 0.3) is 0 Å². The zero-order valence-corrected chi connectivity index (χ0v) is 11.9. The van der Waals surface area contributed by atoms with Crippen LogP contribution in [-0.2, 0) is 6.54 Å². The van der Waals surface area contributed by atoms with Gasteiger partial charge >= 0.3 is 0 Å². The normalized spacial score (nSPS) is 12.7. The van der Waals surface area contributed by atoms with Gasteiger partial charge in [-0.15, -0.1) is 0 Å². The molecule has 2 heterocycles. The highest BCUT2D eigenvalue weighted by Gasteiger charge is 2.10. The summed E-state index contributed by atoms with van der Waals surface area (Å²) in [6, 6.07) is 7.89. The molecule has 0 bridgehead atoms. The third-order valence-corrected chi connectivity index (χ3v) is 3.59. The molecular formula is C16H18N4O. The predicted octanol–water partition coefficient (Wildman–Crippen LogP) is 1.86. The van der Waals surface area contributed by atoms with Gasteiger partial charge in [0.15, 0.2) is 5.65 Å². The van der Waals surface area contributed by atoms with Crippen LogP contribution in [-0.4, -0.2) is 26.0 Å². The van der Waals surface area contributed by atoms with Gasteiger partial charge in [-0.05, 0) is 18.1 Å². The Hall–Kier alpha value is -2.24. The number of aryl methyl sites for hydroxylation is 1. The van der Waals surface area contributed by atoms with Gasteiger partial charge in [-0.3, -0.25) is 9.38 Å². The van der Waals surface area contributed by atoms with Crippen LogP contribution < -0.4 is 5.32 Å². The van der Waals surface area contributed by atoms with E-state index in [2.05, 4.69) is 15.3 Å². The maximum absolute atomic E-state index is 10.2. The number of fused-ring (bicyclic) bond motifs is 1. The molecule has 0 aliphatic heterocycles. The number of rotatable bonds is 5. The van der Waals surface area contributed by atoms with Crippen LogP contribution in [0.4, 0.5) is 0 Å². The number of benzene rings is 1. The largest absolute Gasteiger partial charge is 0.387 e. The van der Waals surface area contributed by atoms with Crippen LogP contribution in [0.3, 0.4) is 0 Å². The molecule has 2 N–H and O–H groups in total. The summed E-state index contributed by atoms with van der Waals surface area (Å²) in [5, 5.41) is 13.5. The Balaban J connectivity index is 1.62. The van der Waals surface area contributed by atoms with Crippen LogP contribution in [0.5, 0.6) is 0 Å². The second kappa shape index (κ2) is 6.03. The first-order chi connectivity index (χ1) is 10.3. The van der Waals surface area contributed by atoms with Crippen LogP contribution >= 0.6 is 0 Å². The van der Waals surface area contributed by atoms with Gasteiger partial charge < -0.3 is 10.4 Å². The fourth-order valence-electron chi connectivity index (χ4n) is 2.43. The molecule has 0 amide bonds.